The van der Waals surface area contributed by atoms with Crippen LogP contribution in [0.25, 0.3) is 0 Å². The molecule has 3 N–H and O–H groups in total. The fourth-order valence-electron chi connectivity index (χ4n) is 1.04. The maximum atomic E-state index is 13.4. The van der Waals surface area contributed by atoms with Crippen molar-refractivity contribution in [2.24, 2.45) is 5.73 Å². The third kappa shape index (κ3) is 5.07. The SMILES string of the molecule is CC(C)(N)CNS(=O)(=O)c1cc(Cl)ccc1F.Cl. The molecule has 0 atom stereocenters. The zero-order valence-electron chi connectivity index (χ0n) is 9.91. The third-order valence-corrected chi connectivity index (χ3v) is 3.55. The molecule has 0 aliphatic rings. The van der Waals surface area contributed by atoms with Crippen molar-refractivity contribution in [1.82, 2.24) is 4.72 Å². The maximum absolute atomic E-state index is 13.4. The number of benzene rings is 1. The van der Waals surface area contributed by atoms with Gasteiger partial charge in [-0.1, -0.05) is 11.6 Å². The first-order valence-corrected chi connectivity index (χ1v) is 6.71. The molecule has 0 unspecified atom stereocenters. The summed E-state index contributed by atoms with van der Waals surface area (Å²) in [5, 5.41) is 0.152. The molecule has 1 aromatic carbocycles. The van der Waals surface area contributed by atoms with Gasteiger partial charge in [-0.25, -0.2) is 17.5 Å². The number of rotatable bonds is 4. The van der Waals surface area contributed by atoms with Gasteiger partial charge in [0.1, 0.15) is 10.7 Å². The molecule has 1 aromatic rings. The van der Waals surface area contributed by atoms with Crippen molar-refractivity contribution in [3.8, 4) is 0 Å². The number of nitrogens with one attached hydrogen (secondary N) is 1. The molecule has 0 amide bonds. The van der Waals surface area contributed by atoms with Crippen LogP contribution in [-0.2, 0) is 10.0 Å². The lowest BCUT2D eigenvalue weighted by molar-refractivity contribution is 0.494. The summed E-state index contributed by atoms with van der Waals surface area (Å²) >= 11 is 5.63. The Balaban J connectivity index is 0.00000289. The summed E-state index contributed by atoms with van der Waals surface area (Å²) in [4.78, 5) is -0.478. The van der Waals surface area contributed by atoms with Gasteiger partial charge in [0.05, 0.1) is 0 Å². The number of halogens is 3. The molecular weight excluding hydrogens is 302 g/mol. The lowest BCUT2D eigenvalue weighted by Gasteiger charge is -2.19. The van der Waals surface area contributed by atoms with Crippen molar-refractivity contribution in [3.05, 3.63) is 29.0 Å². The van der Waals surface area contributed by atoms with E-state index in [1.807, 2.05) is 0 Å². The van der Waals surface area contributed by atoms with Crippen molar-refractivity contribution in [2.45, 2.75) is 24.3 Å². The highest BCUT2D eigenvalue weighted by molar-refractivity contribution is 7.89. The van der Waals surface area contributed by atoms with Crippen molar-refractivity contribution in [3.63, 3.8) is 0 Å². The fourth-order valence-corrected chi connectivity index (χ4v) is 2.60. The van der Waals surface area contributed by atoms with Gasteiger partial charge in [0, 0.05) is 17.1 Å². The van der Waals surface area contributed by atoms with Gasteiger partial charge in [0.2, 0.25) is 10.0 Å². The molecule has 0 radical (unpaired) electrons. The molecule has 0 aromatic heterocycles. The van der Waals surface area contributed by atoms with Crippen LogP contribution in [0.1, 0.15) is 13.8 Å². The van der Waals surface area contributed by atoms with Crippen molar-refractivity contribution < 1.29 is 12.8 Å². The van der Waals surface area contributed by atoms with Crippen molar-refractivity contribution in [2.75, 3.05) is 6.54 Å². The first kappa shape index (κ1) is 17.6. The molecule has 0 saturated carbocycles. The molecule has 0 saturated heterocycles. The number of hydrogen-bond donors (Lipinski definition) is 2. The third-order valence-electron chi connectivity index (χ3n) is 1.90. The topological polar surface area (TPSA) is 72.2 Å². The van der Waals surface area contributed by atoms with Crippen LogP contribution in [0, 0.1) is 5.82 Å². The quantitative estimate of drug-likeness (QED) is 0.891. The molecule has 0 heterocycles. The average molecular weight is 317 g/mol. The van der Waals surface area contributed by atoms with Gasteiger partial charge >= 0.3 is 0 Å². The van der Waals surface area contributed by atoms with Crippen LogP contribution >= 0.6 is 24.0 Å². The number of sulfonamides is 1. The minimum absolute atomic E-state index is 0. The number of hydrogen-bond acceptors (Lipinski definition) is 3. The lowest BCUT2D eigenvalue weighted by atomic mass is 10.1. The normalized spacial score (nSPS) is 12.1. The largest absolute Gasteiger partial charge is 0.324 e. The average Bonchev–Trinajstić information content (AvgIpc) is 2.18. The van der Waals surface area contributed by atoms with E-state index < -0.39 is 26.3 Å². The van der Waals surface area contributed by atoms with Gasteiger partial charge in [-0.05, 0) is 32.0 Å². The Morgan fingerprint density at radius 3 is 2.50 bits per heavy atom. The monoisotopic (exact) mass is 316 g/mol. The molecule has 8 heteroatoms. The summed E-state index contributed by atoms with van der Waals surface area (Å²) in [7, 11) is -3.94. The molecule has 0 aliphatic heterocycles. The van der Waals surface area contributed by atoms with Crippen LogP contribution < -0.4 is 10.5 Å². The highest BCUT2D eigenvalue weighted by Crippen LogP contribution is 2.19. The molecule has 18 heavy (non-hydrogen) atoms. The van der Waals surface area contributed by atoms with E-state index in [1.54, 1.807) is 13.8 Å². The van der Waals surface area contributed by atoms with E-state index in [0.29, 0.717) is 0 Å². The molecule has 1 rings (SSSR count). The lowest BCUT2D eigenvalue weighted by Crippen LogP contribution is -2.45. The highest BCUT2D eigenvalue weighted by Gasteiger charge is 2.22. The second kappa shape index (κ2) is 6.16. The van der Waals surface area contributed by atoms with Crippen LogP contribution in [0.4, 0.5) is 4.39 Å². The number of nitrogens with two attached hydrogens (primary N) is 1. The Morgan fingerprint density at radius 2 is 2.00 bits per heavy atom. The molecule has 0 bridgehead atoms. The van der Waals surface area contributed by atoms with Crippen LogP contribution in [0.3, 0.4) is 0 Å². The smallest absolute Gasteiger partial charge is 0.243 e. The molecule has 0 spiro atoms. The van der Waals surface area contributed by atoms with E-state index >= 15 is 0 Å². The summed E-state index contributed by atoms with van der Waals surface area (Å²) in [6, 6.07) is 3.34. The minimum atomic E-state index is -3.94. The van der Waals surface area contributed by atoms with E-state index in [2.05, 4.69) is 4.72 Å². The zero-order chi connectivity index (χ0) is 13.3. The summed E-state index contributed by atoms with van der Waals surface area (Å²) in [6.45, 7) is 3.31. The first-order valence-electron chi connectivity index (χ1n) is 4.85. The predicted octanol–water partition coefficient (Wildman–Crippen LogP) is 1.92. The molecule has 104 valence electrons. The predicted molar refractivity (Wildman–Crippen MR) is 72.1 cm³/mol. The maximum Gasteiger partial charge on any atom is 0.243 e. The summed E-state index contributed by atoms with van der Waals surface area (Å²) in [5.74, 6) is -0.850. The van der Waals surface area contributed by atoms with E-state index in [4.69, 9.17) is 17.3 Å². The fraction of sp³-hybridized carbons (Fsp3) is 0.400. The second-order valence-electron chi connectivity index (χ2n) is 4.39. The van der Waals surface area contributed by atoms with Crippen molar-refractivity contribution >= 4 is 34.0 Å². The summed E-state index contributed by atoms with van der Waals surface area (Å²) in [5.41, 5.74) is 4.92. The van der Waals surface area contributed by atoms with Gasteiger partial charge in [-0.15, -0.1) is 12.4 Å². The Kier molecular flexibility index (Phi) is 6.03. The van der Waals surface area contributed by atoms with Crippen LogP contribution in [0.15, 0.2) is 23.1 Å². The Labute approximate surface area is 117 Å². The van der Waals surface area contributed by atoms with Gasteiger partial charge in [0.25, 0.3) is 0 Å². The van der Waals surface area contributed by atoms with E-state index in [-0.39, 0.29) is 24.0 Å². The Hall–Kier alpha value is -0.400. The van der Waals surface area contributed by atoms with E-state index in [1.165, 1.54) is 6.07 Å². The molecule has 0 aliphatic carbocycles. The highest BCUT2D eigenvalue weighted by atomic mass is 35.5. The van der Waals surface area contributed by atoms with Gasteiger partial charge in [-0.3, -0.25) is 0 Å². The zero-order valence-corrected chi connectivity index (χ0v) is 12.3. The Morgan fingerprint density at radius 1 is 1.44 bits per heavy atom. The summed E-state index contributed by atoms with van der Waals surface area (Å²) < 4.78 is 39.2. The molecule has 4 nitrogen and oxygen atoms in total. The van der Waals surface area contributed by atoms with Gasteiger partial charge in [0.15, 0.2) is 0 Å². The van der Waals surface area contributed by atoms with Gasteiger partial charge in [-0.2, -0.15) is 0 Å². The van der Waals surface area contributed by atoms with Crippen LogP contribution in [0.5, 0.6) is 0 Å². The standard InChI is InChI=1S/C10H14ClFN2O2S.ClH/c1-10(2,13)6-14-17(15,16)9-5-7(11)3-4-8(9)12;/h3-5,14H,6,13H2,1-2H3;1H. The van der Waals surface area contributed by atoms with Crippen LogP contribution in [-0.4, -0.2) is 20.5 Å². The van der Waals surface area contributed by atoms with Crippen LogP contribution in [0.2, 0.25) is 5.02 Å². The van der Waals surface area contributed by atoms with Gasteiger partial charge < -0.3 is 5.73 Å². The van der Waals surface area contributed by atoms with Crippen molar-refractivity contribution in [1.29, 1.82) is 0 Å². The van der Waals surface area contributed by atoms with E-state index in [9.17, 15) is 12.8 Å². The van der Waals surface area contributed by atoms with E-state index in [0.717, 1.165) is 12.1 Å². The Bertz CT molecular complexity index is 515. The second-order valence-corrected chi connectivity index (χ2v) is 6.56. The minimum Gasteiger partial charge on any atom is -0.324 e. The summed E-state index contributed by atoms with van der Waals surface area (Å²) in [6.07, 6.45) is 0. The first-order chi connectivity index (χ1) is 7.62. The molecule has 0 fully saturated rings. The molecular formula is C10H15Cl2FN2O2S.